The lowest BCUT2D eigenvalue weighted by atomic mass is 10.4. The van der Waals surface area contributed by atoms with Crippen LogP contribution in [0.5, 0.6) is 0 Å². The molecule has 70 valence electrons. The van der Waals surface area contributed by atoms with E-state index in [0.29, 0.717) is 11.9 Å². The molecule has 0 aliphatic heterocycles. The maximum absolute atomic E-state index is 5.35. The van der Waals surface area contributed by atoms with Crippen LogP contribution in [0.3, 0.4) is 0 Å². The van der Waals surface area contributed by atoms with Gasteiger partial charge in [0.15, 0.2) is 0 Å². The minimum atomic E-state index is 0.341. The average molecular weight is 179 g/mol. The lowest BCUT2D eigenvalue weighted by molar-refractivity contribution is 1.07. The van der Waals surface area contributed by atoms with E-state index in [1.807, 2.05) is 0 Å². The second kappa shape index (κ2) is 3.47. The van der Waals surface area contributed by atoms with Crippen LogP contribution < -0.4 is 11.1 Å². The number of hydrogen-bond acceptors (Lipinski definition) is 4. The van der Waals surface area contributed by atoms with Crippen molar-refractivity contribution in [3.63, 3.8) is 0 Å². The standard InChI is InChI=1S/C8H13N5/c9-7-11-8(13-12-7)10-5-1-2-6-3-4-6/h1-2,6H,3-5H2,(H4,9,10,11,12,13)/b2-1+. The number of hydrogen-bond donors (Lipinski definition) is 3. The van der Waals surface area contributed by atoms with Crippen molar-refractivity contribution >= 4 is 11.9 Å². The molecule has 0 amide bonds. The molecular formula is C8H13N5. The minimum Gasteiger partial charge on any atom is -0.368 e. The van der Waals surface area contributed by atoms with Gasteiger partial charge in [0.2, 0.25) is 11.9 Å². The van der Waals surface area contributed by atoms with Gasteiger partial charge < -0.3 is 11.1 Å². The van der Waals surface area contributed by atoms with Crippen LogP contribution in [0.4, 0.5) is 11.9 Å². The Hall–Kier alpha value is -1.52. The topological polar surface area (TPSA) is 79.6 Å². The predicted octanol–water partition coefficient (Wildman–Crippen LogP) is 0.765. The van der Waals surface area contributed by atoms with Crippen LogP contribution in [0.15, 0.2) is 12.2 Å². The number of nitrogens with two attached hydrogens (primary N) is 1. The summed E-state index contributed by atoms with van der Waals surface area (Å²) in [6, 6.07) is 0. The van der Waals surface area contributed by atoms with Crippen molar-refractivity contribution in [2.75, 3.05) is 17.6 Å². The van der Waals surface area contributed by atoms with Crippen molar-refractivity contribution in [2.45, 2.75) is 12.8 Å². The van der Waals surface area contributed by atoms with E-state index in [9.17, 15) is 0 Å². The molecule has 1 saturated carbocycles. The summed E-state index contributed by atoms with van der Waals surface area (Å²) in [6.07, 6.45) is 7.00. The van der Waals surface area contributed by atoms with Gasteiger partial charge in [0, 0.05) is 6.54 Å². The van der Waals surface area contributed by atoms with Gasteiger partial charge in [-0.2, -0.15) is 4.98 Å². The average Bonchev–Trinajstić information content (AvgIpc) is 2.84. The summed E-state index contributed by atoms with van der Waals surface area (Å²) >= 11 is 0. The zero-order valence-electron chi connectivity index (χ0n) is 7.33. The largest absolute Gasteiger partial charge is 0.368 e. The Morgan fingerprint density at radius 1 is 1.62 bits per heavy atom. The zero-order valence-corrected chi connectivity index (χ0v) is 7.33. The minimum absolute atomic E-state index is 0.341. The molecular weight excluding hydrogens is 166 g/mol. The van der Waals surface area contributed by atoms with Gasteiger partial charge in [0.1, 0.15) is 0 Å². The first-order valence-electron chi connectivity index (χ1n) is 4.43. The predicted molar refractivity (Wildman–Crippen MR) is 51.1 cm³/mol. The number of aromatic nitrogens is 3. The first-order chi connectivity index (χ1) is 6.34. The van der Waals surface area contributed by atoms with E-state index in [0.717, 1.165) is 12.5 Å². The van der Waals surface area contributed by atoms with E-state index in [-0.39, 0.29) is 0 Å². The fourth-order valence-corrected chi connectivity index (χ4v) is 1.05. The van der Waals surface area contributed by atoms with Crippen molar-refractivity contribution in [3.05, 3.63) is 12.2 Å². The third-order valence-electron chi connectivity index (χ3n) is 1.91. The molecule has 5 heteroatoms. The maximum atomic E-state index is 5.35. The quantitative estimate of drug-likeness (QED) is 0.596. The summed E-state index contributed by atoms with van der Waals surface area (Å²) < 4.78 is 0. The number of nitrogen functional groups attached to an aromatic ring is 1. The normalized spacial score (nSPS) is 16.6. The lowest BCUT2D eigenvalue weighted by Gasteiger charge is -1.93. The summed E-state index contributed by atoms with van der Waals surface area (Å²) in [6.45, 7) is 0.758. The highest BCUT2D eigenvalue weighted by atomic mass is 15.3. The number of nitrogens with one attached hydrogen (secondary N) is 2. The molecule has 1 aliphatic carbocycles. The first-order valence-corrected chi connectivity index (χ1v) is 4.43. The summed E-state index contributed by atoms with van der Waals surface area (Å²) in [5.74, 6) is 1.71. The van der Waals surface area contributed by atoms with Crippen molar-refractivity contribution in [2.24, 2.45) is 5.92 Å². The molecule has 0 unspecified atom stereocenters. The van der Waals surface area contributed by atoms with E-state index in [1.165, 1.54) is 12.8 Å². The van der Waals surface area contributed by atoms with E-state index >= 15 is 0 Å². The van der Waals surface area contributed by atoms with Crippen LogP contribution in [0.1, 0.15) is 12.8 Å². The molecule has 0 saturated heterocycles. The number of rotatable bonds is 4. The van der Waals surface area contributed by atoms with E-state index in [1.54, 1.807) is 0 Å². The molecule has 2 rings (SSSR count). The van der Waals surface area contributed by atoms with Crippen LogP contribution >= 0.6 is 0 Å². The van der Waals surface area contributed by atoms with Crippen molar-refractivity contribution in [1.82, 2.24) is 15.2 Å². The second-order valence-corrected chi connectivity index (χ2v) is 3.19. The number of anilines is 2. The smallest absolute Gasteiger partial charge is 0.243 e. The number of H-pyrrole nitrogens is 1. The number of nitrogens with zero attached hydrogens (tertiary/aromatic N) is 2. The molecule has 1 aromatic rings. The monoisotopic (exact) mass is 179 g/mol. The Morgan fingerprint density at radius 2 is 2.46 bits per heavy atom. The molecule has 1 aromatic heterocycles. The Bertz CT molecular complexity index is 299. The Morgan fingerprint density at radius 3 is 3.08 bits per heavy atom. The molecule has 0 atom stereocenters. The van der Waals surface area contributed by atoms with E-state index in [2.05, 4.69) is 32.7 Å². The highest BCUT2D eigenvalue weighted by Gasteiger charge is 2.16. The van der Waals surface area contributed by atoms with Gasteiger partial charge in [0.25, 0.3) is 0 Å². The molecule has 13 heavy (non-hydrogen) atoms. The molecule has 1 aliphatic rings. The van der Waals surface area contributed by atoms with Crippen molar-refractivity contribution in [3.8, 4) is 0 Å². The highest BCUT2D eigenvalue weighted by molar-refractivity contribution is 5.30. The molecule has 0 spiro atoms. The third kappa shape index (κ3) is 2.47. The van der Waals surface area contributed by atoms with Gasteiger partial charge in [-0.1, -0.05) is 12.2 Å². The van der Waals surface area contributed by atoms with Gasteiger partial charge in [-0.3, -0.25) is 0 Å². The van der Waals surface area contributed by atoms with Crippen LogP contribution in [0, 0.1) is 5.92 Å². The van der Waals surface area contributed by atoms with Crippen LogP contribution in [0.2, 0.25) is 0 Å². The molecule has 5 nitrogen and oxygen atoms in total. The highest BCUT2D eigenvalue weighted by Crippen LogP contribution is 2.29. The molecule has 0 bridgehead atoms. The molecule has 0 aromatic carbocycles. The summed E-state index contributed by atoms with van der Waals surface area (Å²) in [4.78, 5) is 3.91. The van der Waals surface area contributed by atoms with Crippen molar-refractivity contribution < 1.29 is 0 Å². The number of allylic oxidation sites excluding steroid dienone is 1. The zero-order chi connectivity index (χ0) is 9.10. The van der Waals surface area contributed by atoms with Crippen LogP contribution in [-0.2, 0) is 0 Å². The number of aromatic amines is 1. The van der Waals surface area contributed by atoms with Gasteiger partial charge in [-0.15, -0.1) is 5.10 Å². The summed E-state index contributed by atoms with van der Waals surface area (Å²) in [5.41, 5.74) is 5.35. The second-order valence-electron chi connectivity index (χ2n) is 3.19. The molecule has 1 heterocycles. The lowest BCUT2D eigenvalue weighted by Crippen LogP contribution is -2.00. The fraction of sp³-hybridized carbons (Fsp3) is 0.500. The summed E-state index contributed by atoms with van der Waals surface area (Å²) in [7, 11) is 0. The van der Waals surface area contributed by atoms with E-state index < -0.39 is 0 Å². The van der Waals surface area contributed by atoms with Gasteiger partial charge in [-0.05, 0) is 18.8 Å². The molecule has 0 radical (unpaired) electrons. The molecule has 1 fully saturated rings. The van der Waals surface area contributed by atoms with Crippen molar-refractivity contribution in [1.29, 1.82) is 0 Å². The van der Waals surface area contributed by atoms with Crippen LogP contribution in [-0.4, -0.2) is 21.7 Å². The van der Waals surface area contributed by atoms with Gasteiger partial charge in [0.05, 0.1) is 0 Å². The first kappa shape index (κ1) is 8.10. The van der Waals surface area contributed by atoms with Crippen LogP contribution in [0.25, 0.3) is 0 Å². The third-order valence-corrected chi connectivity index (χ3v) is 1.91. The summed E-state index contributed by atoms with van der Waals surface area (Å²) in [5, 5.41) is 9.43. The van der Waals surface area contributed by atoms with Gasteiger partial charge >= 0.3 is 0 Å². The SMILES string of the molecule is Nc1nc(NC/C=C/C2CC2)n[nH]1. The fourth-order valence-electron chi connectivity index (χ4n) is 1.05. The Kier molecular flexibility index (Phi) is 2.16. The Labute approximate surface area is 76.4 Å². The van der Waals surface area contributed by atoms with E-state index in [4.69, 9.17) is 5.73 Å². The molecule has 4 N–H and O–H groups in total. The van der Waals surface area contributed by atoms with Gasteiger partial charge in [-0.25, -0.2) is 5.10 Å². The maximum Gasteiger partial charge on any atom is 0.243 e. The Balaban J connectivity index is 1.72.